The first-order chi connectivity index (χ1) is 7.06. The first kappa shape index (κ1) is 12.0. The maximum absolute atomic E-state index is 10.4. The molecule has 0 spiro atoms. The van der Waals surface area contributed by atoms with E-state index in [9.17, 15) is 4.79 Å². The third kappa shape index (κ3) is 2.96. The van der Waals surface area contributed by atoms with Gasteiger partial charge in [-0.2, -0.15) is 5.10 Å². The number of aromatic nitrogens is 2. The lowest BCUT2D eigenvalue weighted by Crippen LogP contribution is -2.04. The number of rotatable bonds is 5. The van der Waals surface area contributed by atoms with Gasteiger partial charge in [0.05, 0.1) is 16.4 Å². The molecule has 0 fully saturated rings. The minimum atomic E-state index is -0.773. The molecular formula is C10H15ClN2O2. The maximum atomic E-state index is 10.4. The van der Waals surface area contributed by atoms with Gasteiger partial charge < -0.3 is 5.11 Å². The van der Waals surface area contributed by atoms with E-state index >= 15 is 0 Å². The number of carbonyl (C=O) groups is 1. The van der Waals surface area contributed by atoms with Crippen LogP contribution in [0.15, 0.2) is 0 Å². The Bertz CT molecular complexity index is 361. The van der Waals surface area contributed by atoms with Crippen LogP contribution in [-0.4, -0.2) is 20.9 Å². The van der Waals surface area contributed by atoms with Crippen molar-refractivity contribution in [3.8, 4) is 0 Å². The largest absolute Gasteiger partial charge is 0.481 e. The summed E-state index contributed by atoms with van der Waals surface area (Å²) in [6.07, 6.45) is 1.43. The van der Waals surface area contributed by atoms with Crippen LogP contribution in [0, 0.1) is 6.92 Å². The highest BCUT2D eigenvalue weighted by atomic mass is 35.5. The molecule has 0 radical (unpaired) electrons. The van der Waals surface area contributed by atoms with E-state index < -0.39 is 5.97 Å². The summed E-state index contributed by atoms with van der Waals surface area (Å²) < 4.78 is 1.83. The molecular weight excluding hydrogens is 216 g/mol. The Kier molecular flexibility index (Phi) is 4.15. The van der Waals surface area contributed by atoms with Crippen molar-refractivity contribution in [1.82, 2.24) is 9.78 Å². The molecule has 0 bridgehead atoms. The van der Waals surface area contributed by atoms with E-state index in [2.05, 4.69) is 5.10 Å². The van der Waals surface area contributed by atoms with Crippen molar-refractivity contribution in [3.63, 3.8) is 0 Å². The third-order valence-corrected chi connectivity index (χ3v) is 2.75. The zero-order chi connectivity index (χ0) is 11.4. The van der Waals surface area contributed by atoms with Crippen molar-refractivity contribution < 1.29 is 9.90 Å². The summed E-state index contributed by atoms with van der Waals surface area (Å²) in [5, 5.41) is 13.5. The van der Waals surface area contributed by atoms with Crippen molar-refractivity contribution in [3.05, 3.63) is 16.4 Å². The van der Waals surface area contributed by atoms with Gasteiger partial charge in [0.2, 0.25) is 0 Å². The molecule has 0 amide bonds. The minimum Gasteiger partial charge on any atom is -0.481 e. The summed E-state index contributed by atoms with van der Waals surface area (Å²) in [7, 11) is 0. The summed E-state index contributed by atoms with van der Waals surface area (Å²) in [6.45, 7) is 4.61. The fourth-order valence-electron chi connectivity index (χ4n) is 1.51. The van der Waals surface area contributed by atoms with Crippen LogP contribution in [0.2, 0.25) is 5.02 Å². The molecule has 1 aromatic rings. The molecule has 5 heteroatoms. The van der Waals surface area contributed by atoms with Gasteiger partial charge >= 0.3 is 5.97 Å². The molecule has 84 valence electrons. The number of carboxylic acids is 1. The number of hydrogen-bond donors (Lipinski definition) is 1. The second-order valence-corrected chi connectivity index (χ2v) is 3.79. The summed E-state index contributed by atoms with van der Waals surface area (Å²) in [5.74, 6) is -0.773. The van der Waals surface area contributed by atoms with E-state index in [1.54, 1.807) is 0 Å². The quantitative estimate of drug-likeness (QED) is 0.844. The van der Waals surface area contributed by atoms with Crippen molar-refractivity contribution in [2.45, 2.75) is 39.7 Å². The van der Waals surface area contributed by atoms with Crippen LogP contribution in [0.25, 0.3) is 0 Å². The summed E-state index contributed by atoms with van der Waals surface area (Å²) >= 11 is 6.08. The Morgan fingerprint density at radius 1 is 1.60 bits per heavy atom. The Labute approximate surface area is 93.9 Å². The normalized spacial score (nSPS) is 10.6. The fraction of sp³-hybridized carbons (Fsp3) is 0.600. The smallest absolute Gasteiger partial charge is 0.303 e. The highest BCUT2D eigenvalue weighted by molar-refractivity contribution is 6.31. The zero-order valence-corrected chi connectivity index (χ0v) is 9.71. The monoisotopic (exact) mass is 230 g/mol. The molecule has 4 nitrogen and oxygen atoms in total. The number of hydrogen-bond acceptors (Lipinski definition) is 2. The Morgan fingerprint density at radius 3 is 2.80 bits per heavy atom. The van der Waals surface area contributed by atoms with Gasteiger partial charge in [-0.1, -0.05) is 11.6 Å². The molecule has 0 aliphatic rings. The van der Waals surface area contributed by atoms with Gasteiger partial charge in [-0.25, -0.2) is 0 Å². The number of aryl methyl sites for hydroxylation is 2. The first-order valence-corrected chi connectivity index (χ1v) is 5.37. The van der Waals surface area contributed by atoms with Crippen molar-refractivity contribution >= 4 is 17.6 Å². The van der Waals surface area contributed by atoms with E-state index in [4.69, 9.17) is 16.7 Å². The molecule has 0 aromatic carbocycles. The number of halogens is 1. The van der Waals surface area contributed by atoms with E-state index in [-0.39, 0.29) is 6.42 Å². The van der Waals surface area contributed by atoms with Crippen LogP contribution in [0.1, 0.15) is 31.2 Å². The minimum absolute atomic E-state index is 0.171. The molecule has 1 N–H and O–H groups in total. The predicted molar refractivity (Wildman–Crippen MR) is 58.2 cm³/mol. The van der Waals surface area contributed by atoms with Crippen LogP contribution < -0.4 is 0 Å². The molecule has 0 saturated carbocycles. The van der Waals surface area contributed by atoms with Crippen molar-refractivity contribution in [2.24, 2.45) is 0 Å². The average molecular weight is 231 g/mol. The lowest BCUT2D eigenvalue weighted by molar-refractivity contribution is -0.137. The molecule has 0 atom stereocenters. The van der Waals surface area contributed by atoms with E-state index in [0.717, 1.165) is 17.9 Å². The summed E-state index contributed by atoms with van der Waals surface area (Å²) in [6, 6.07) is 0. The number of nitrogens with zero attached hydrogens (tertiary/aromatic N) is 2. The van der Waals surface area contributed by atoms with Gasteiger partial charge in [0.1, 0.15) is 0 Å². The lowest BCUT2D eigenvalue weighted by Gasteiger charge is -2.03. The van der Waals surface area contributed by atoms with Crippen LogP contribution in [0.5, 0.6) is 0 Å². The maximum Gasteiger partial charge on any atom is 0.303 e. The van der Waals surface area contributed by atoms with E-state index in [0.29, 0.717) is 17.9 Å². The van der Waals surface area contributed by atoms with Gasteiger partial charge in [-0.05, 0) is 26.7 Å². The van der Waals surface area contributed by atoms with Gasteiger partial charge in [-0.3, -0.25) is 9.48 Å². The van der Waals surface area contributed by atoms with Gasteiger partial charge in [0.15, 0.2) is 0 Å². The van der Waals surface area contributed by atoms with Crippen LogP contribution >= 0.6 is 11.6 Å². The van der Waals surface area contributed by atoms with Crippen LogP contribution in [0.4, 0.5) is 0 Å². The Morgan fingerprint density at radius 2 is 2.27 bits per heavy atom. The summed E-state index contributed by atoms with van der Waals surface area (Å²) in [4.78, 5) is 10.4. The lowest BCUT2D eigenvalue weighted by atomic mass is 10.2. The molecule has 15 heavy (non-hydrogen) atoms. The van der Waals surface area contributed by atoms with Crippen molar-refractivity contribution in [2.75, 3.05) is 0 Å². The topological polar surface area (TPSA) is 55.1 Å². The number of carboxylic acid groups (broad SMARTS) is 1. The predicted octanol–water partition coefficient (Wildman–Crippen LogP) is 2.27. The fourth-order valence-corrected chi connectivity index (χ4v) is 1.74. The van der Waals surface area contributed by atoms with E-state index in [1.165, 1.54) is 0 Å². The Balaban J connectivity index is 2.70. The van der Waals surface area contributed by atoms with Gasteiger partial charge in [0.25, 0.3) is 0 Å². The summed E-state index contributed by atoms with van der Waals surface area (Å²) in [5.41, 5.74) is 1.75. The SMILES string of the molecule is CCn1nc(C)c(Cl)c1CCCC(=O)O. The second-order valence-electron chi connectivity index (χ2n) is 3.41. The van der Waals surface area contributed by atoms with Gasteiger partial charge in [-0.15, -0.1) is 0 Å². The molecule has 0 aliphatic heterocycles. The van der Waals surface area contributed by atoms with E-state index in [1.807, 2.05) is 18.5 Å². The number of aliphatic carboxylic acids is 1. The zero-order valence-electron chi connectivity index (χ0n) is 8.96. The Hall–Kier alpha value is -1.03. The van der Waals surface area contributed by atoms with Crippen molar-refractivity contribution in [1.29, 1.82) is 0 Å². The molecule has 0 unspecified atom stereocenters. The standard InChI is InChI=1S/C10H15ClN2O2/c1-3-13-8(5-4-6-9(14)15)10(11)7(2)12-13/h3-6H2,1-2H3,(H,14,15). The molecule has 1 aromatic heterocycles. The molecule has 1 heterocycles. The van der Waals surface area contributed by atoms with Gasteiger partial charge in [0, 0.05) is 13.0 Å². The highest BCUT2D eigenvalue weighted by Gasteiger charge is 2.12. The van der Waals surface area contributed by atoms with Crippen LogP contribution in [-0.2, 0) is 17.8 Å². The van der Waals surface area contributed by atoms with Crippen LogP contribution in [0.3, 0.4) is 0 Å². The molecule has 0 aliphatic carbocycles. The first-order valence-electron chi connectivity index (χ1n) is 4.99. The third-order valence-electron chi connectivity index (χ3n) is 2.26. The molecule has 1 rings (SSSR count). The average Bonchev–Trinajstić information content (AvgIpc) is 2.44. The highest BCUT2D eigenvalue weighted by Crippen LogP contribution is 2.21. The second kappa shape index (κ2) is 5.16. The molecule has 0 saturated heterocycles.